The standard InChI is InChI=1S/C17H25N3O2/c21-17(10-14-5-9-22-13-14)19-16-3-7-20(8-4-16)12-15-2-1-6-18-11-15/h1-2,6,11,14,16H,3-5,7-10,12-13H2,(H,19,21)/t14-/m1/s1. The molecule has 2 saturated heterocycles. The highest BCUT2D eigenvalue weighted by Crippen LogP contribution is 2.17. The lowest BCUT2D eigenvalue weighted by atomic mass is 10.0. The molecule has 1 atom stereocenters. The fourth-order valence-electron chi connectivity index (χ4n) is 3.28. The second-order valence-corrected chi connectivity index (χ2v) is 6.41. The van der Waals surface area contributed by atoms with Gasteiger partial charge in [0.05, 0.1) is 0 Å². The van der Waals surface area contributed by atoms with Crippen LogP contribution in [0, 0.1) is 5.92 Å². The van der Waals surface area contributed by atoms with E-state index in [0.29, 0.717) is 18.4 Å². The van der Waals surface area contributed by atoms with Crippen molar-refractivity contribution in [1.82, 2.24) is 15.2 Å². The summed E-state index contributed by atoms with van der Waals surface area (Å²) < 4.78 is 5.33. The average Bonchev–Trinajstić information content (AvgIpc) is 3.03. The monoisotopic (exact) mass is 303 g/mol. The zero-order valence-electron chi connectivity index (χ0n) is 13.0. The van der Waals surface area contributed by atoms with Gasteiger partial charge in [-0.1, -0.05) is 6.07 Å². The lowest BCUT2D eigenvalue weighted by Gasteiger charge is -2.32. The molecule has 1 aromatic rings. The number of nitrogens with zero attached hydrogens (tertiary/aromatic N) is 2. The minimum atomic E-state index is 0.196. The molecule has 0 spiro atoms. The molecule has 3 rings (SSSR count). The molecule has 0 aromatic carbocycles. The van der Waals surface area contributed by atoms with Crippen molar-refractivity contribution in [2.45, 2.75) is 38.3 Å². The molecule has 0 saturated carbocycles. The number of aromatic nitrogens is 1. The van der Waals surface area contributed by atoms with Crippen LogP contribution in [-0.2, 0) is 16.1 Å². The van der Waals surface area contributed by atoms with Crippen molar-refractivity contribution < 1.29 is 9.53 Å². The highest BCUT2D eigenvalue weighted by atomic mass is 16.5. The Balaban J connectivity index is 1.37. The second kappa shape index (κ2) is 7.70. The van der Waals surface area contributed by atoms with Gasteiger partial charge in [0, 0.05) is 57.7 Å². The first-order valence-corrected chi connectivity index (χ1v) is 8.28. The number of nitrogens with one attached hydrogen (secondary N) is 1. The Labute approximate surface area is 132 Å². The van der Waals surface area contributed by atoms with Crippen LogP contribution in [0.3, 0.4) is 0 Å². The molecule has 0 radical (unpaired) electrons. The molecule has 1 amide bonds. The summed E-state index contributed by atoms with van der Waals surface area (Å²) in [5.74, 6) is 0.617. The van der Waals surface area contributed by atoms with Gasteiger partial charge in [0.1, 0.15) is 0 Å². The van der Waals surface area contributed by atoms with E-state index in [-0.39, 0.29) is 5.91 Å². The summed E-state index contributed by atoms with van der Waals surface area (Å²) in [7, 11) is 0. The van der Waals surface area contributed by atoms with Crippen molar-refractivity contribution in [3.8, 4) is 0 Å². The normalized spacial score (nSPS) is 23.5. The zero-order valence-corrected chi connectivity index (χ0v) is 13.0. The van der Waals surface area contributed by atoms with Crippen molar-refractivity contribution in [2.24, 2.45) is 5.92 Å². The molecule has 0 aliphatic carbocycles. The van der Waals surface area contributed by atoms with Crippen LogP contribution in [0.4, 0.5) is 0 Å². The third-order valence-electron chi connectivity index (χ3n) is 4.58. The molecule has 22 heavy (non-hydrogen) atoms. The Kier molecular flexibility index (Phi) is 5.40. The highest BCUT2D eigenvalue weighted by molar-refractivity contribution is 5.76. The molecule has 120 valence electrons. The van der Waals surface area contributed by atoms with Gasteiger partial charge in [-0.05, 0) is 36.8 Å². The molecule has 3 heterocycles. The first-order chi connectivity index (χ1) is 10.8. The predicted octanol–water partition coefficient (Wildman–Crippen LogP) is 1.59. The summed E-state index contributed by atoms with van der Waals surface area (Å²) in [5, 5.41) is 3.20. The number of hydrogen-bond donors (Lipinski definition) is 1. The van der Waals surface area contributed by atoms with E-state index in [0.717, 1.165) is 52.1 Å². The number of carbonyl (C=O) groups is 1. The maximum Gasteiger partial charge on any atom is 0.220 e. The molecule has 5 nitrogen and oxygen atoms in total. The number of rotatable bonds is 5. The maximum atomic E-state index is 12.1. The van der Waals surface area contributed by atoms with Gasteiger partial charge in [0.25, 0.3) is 0 Å². The van der Waals surface area contributed by atoms with E-state index in [1.807, 2.05) is 12.3 Å². The molecule has 2 aliphatic rings. The van der Waals surface area contributed by atoms with Crippen molar-refractivity contribution in [3.63, 3.8) is 0 Å². The smallest absolute Gasteiger partial charge is 0.220 e. The summed E-state index contributed by atoms with van der Waals surface area (Å²) in [5.41, 5.74) is 1.26. The molecular weight excluding hydrogens is 278 g/mol. The van der Waals surface area contributed by atoms with Crippen LogP contribution in [-0.4, -0.2) is 48.1 Å². The molecule has 5 heteroatoms. The first kappa shape index (κ1) is 15.4. The summed E-state index contributed by atoms with van der Waals surface area (Å²) in [6, 6.07) is 4.43. The molecule has 0 bridgehead atoms. The Bertz CT molecular complexity index is 466. The fourth-order valence-corrected chi connectivity index (χ4v) is 3.28. The van der Waals surface area contributed by atoms with Gasteiger partial charge in [-0.2, -0.15) is 0 Å². The van der Waals surface area contributed by atoms with E-state index < -0.39 is 0 Å². The first-order valence-electron chi connectivity index (χ1n) is 8.28. The fraction of sp³-hybridized carbons (Fsp3) is 0.647. The van der Waals surface area contributed by atoms with Crippen molar-refractivity contribution >= 4 is 5.91 Å². The number of likely N-dealkylation sites (tertiary alicyclic amines) is 1. The van der Waals surface area contributed by atoms with Crippen molar-refractivity contribution in [1.29, 1.82) is 0 Å². The molecule has 0 unspecified atom stereocenters. The summed E-state index contributed by atoms with van der Waals surface area (Å²) in [4.78, 5) is 18.6. The van der Waals surface area contributed by atoms with Gasteiger partial charge < -0.3 is 10.1 Å². The van der Waals surface area contributed by atoms with E-state index in [2.05, 4.69) is 21.3 Å². The van der Waals surface area contributed by atoms with Crippen molar-refractivity contribution in [3.05, 3.63) is 30.1 Å². The van der Waals surface area contributed by atoms with E-state index >= 15 is 0 Å². The van der Waals surface area contributed by atoms with Gasteiger partial charge in [-0.3, -0.25) is 14.7 Å². The minimum Gasteiger partial charge on any atom is -0.381 e. The van der Waals surface area contributed by atoms with Gasteiger partial charge in [-0.15, -0.1) is 0 Å². The van der Waals surface area contributed by atoms with E-state index in [1.165, 1.54) is 5.56 Å². The number of pyridine rings is 1. The summed E-state index contributed by atoms with van der Waals surface area (Å²) >= 11 is 0. The van der Waals surface area contributed by atoms with E-state index in [4.69, 9.17) is 4.74 Å². The van der Waals surface area contributed by atoms with Crippen LogP contribution in [0.1, 0.15) is 31.2 Å². The Hall–Kier alpha value is -1.46. The predicted molar refractivity (Wildman–Crippen MR) is 84.2 cm³/mol. The third-order valence-corrected chi connectivity index (χ3v) is 4.58. The highest BCUT2D eigenvalue weighted by Gasteiger charge is 2.23. The SMILES string of the molecule is O=C(C[C@H]1CCOC1)NC1CCN(Cc2cccnc2)CC1. The number of carbonyl (C=O) groups excluding carboxylic acids is 1. The maximum absolute atomic E-state index is 12.1. The zero-order chi connectivity index (χ0) is 15.2. The quantitative estimate of drug-likeness (QED) is 0.897. The van der Waals surface area contributed by atoms with Gasteiger partial charge in [-0.25, -0.2) is 0 Å². The van der Waals surface area contributed by atoms with Crippen LogP contribution in [0.2, 0.25) is 0 Å². The van der Waals surface area contributed by atoms with Gasteiger partial charge in [0.2, 0.25) is 5.91 Å². The number of ether oxygens (including phenoxy) is 1. The van der Waals surface area contributed by atoms with Crippen LogP contribution >= 0.6 is 0 Å². The topological polar surface area (TPSA) is 54.5 Å². The molecular formula is C17H25N3O2. The minimum absolute atomic E-state index is 0.196. The number of hydrogen-bond acceptors (Lipinski definition) is 4. The van der Waals surface area contributed by atoms with Crippen LogP contribution < -0.4 is 5.32 Å². The average molecular weight is 303 g/mol. The number of amides is 1. The molecule has 1 N–H and O–H groups in total. The summed E-state index contributed by atoms with van der Waals surface area (Å²) in [6.07, 6.45) is 7.45. The van der Waals surface area contributed by atoms with Crippen molar-refractivity contribution in [2.75, 3.05) is 26.3 Å². The lowest BCUT2D eigenvalue weighted by molar-refractivity contribution is -0.123. The lowest BCUT2D eigenvalue weighted by Crippen LogP contribution is -2.44. The second-order valence-electron chi connectivity index (χ2n) is 6.41. The van der Waals surface area contributed by atoms with Gasteiger partial charge in [0.15, 0.2) is 0 Å². The molecule has 1 aromatic heterocycles. The van der Waals surface area contributed by atoms with E-state index in [1.54, 1.807) is 6.20 Å². The molecule has 2 aliphatic heterocycles. The largest absolute Gasteiger partial charge is 0.381 e. The third kappa shape index (κ3) is 4.52. The van der Waals surface area contributed by atoms with E-state index in [9.17, 15) is 4.79 Å². The molecule has 2 fully saturated rings. The summed E-state index contributed by atoms with van der Waals surface area (Å²) in [6.45, 7) is 4.58. The Morgan fingerprint density at radius 1 is 1.36 bits per heavy atom. The van der Waals surface area contributed by atoms with Crippen LogP contribution in [0.5, 0.6) is 0 Å². The Morgan fingerprint density at radius 2 is 2.23 bits per heavy atom. The van der Waals surface area contributed by atoms with Crippen LogP contribution in [0.15, 0.2) is 24.5 Å². The Morgan fingerprint density at radius 3 is 2.91 bits per heavy atom. The number of piperidine rings is 1. The van der Waals surface area contributed by atoms with Gasteiger partial charge >= 0.3 is 0 Å². The van der Waals surface area contributed by atoms with Crippen LogP contribution in [0.25, 0.3) is 0 Å².